The minimum atomic E-state index is -0.397. The van der Waals surface area contributed by atoms with Crippen LogP contribution in [0.5, 0.6) is 0 Å². The molecule has 4 heteroatoms. The van der Waals surface area contributed by atoms with E-state index in [9.17, 15) is 4.79 Å². The van der Waals surface area contributed by atoms with E-state index in [1.54, 1.807) is 6.92 Å². The van der Waals surface area contributed by atoms with Crippen molar-refractivity contribution in [3.63, 3.8) is 0 Å². The third-order valence-electron chi connectivity index (χ3n) is 1.90. The van der Waals surface area contributed by atoms with Crippen LogP contribution in [0.15, 0.2) is 30.3 Å². The Hall–Kier alpha value is -1.55. The minimum Gasteiger partial charge on any atom is -0.450 e. The smallest absolute Gasteiger partial charge is 0.407 e. The summed E-state index contributed by atoms with van der Waals surface area (Å²) in [4.78, 5) is 10.9. The van der Waals surface area contributed by atoms with Crippen molar-refractivity contribution in [2.24, 2.45) is 0 Å². The van der Waals surface area contributed by atoms with Gasteiger partial charge in [0, 0.05) is 6.54 Å². The Morgan fingerprint density at radius 2 is 2.06 bits per heavy atom. The number of hydrogen-bond acceptors (Lipinski definition) is 3. The molecule has 0 atom stereocenters. The van der Waals surface area contributed by atoms with Gasteiger partial charge in [-0.1, -0.05) is 30.3 Å². The number of hydrogen-bond donors (Lipinski definition) is 1. The standard InChI is InChI=1S/C12H17NO3/c1-2-16-12(14)13-8-9-15-10-11-6-4-3-5-7-11/h3-7H,2,8-10H2,1H3,(H,13,14). The fraction of sp³-hybridized carbons (Fsp3) is 0.417. The first-order chi connectivity index (χ1) is 7.83. The molecule has 1 aromatic rings. The lowest BCUT2D eigenvalue weighted by molar-refractivity contribution is 0.114. The maximum absolute atomic E-state index is 10.9. The van der Waals surface area contributed by atoms with Crippen molar-refractivity contribution >= 4 is 6.09 Å². The van der Waals surface area contributed by atoms with Gasteiger partial charge in [0.1, 0.15) is 0 Å². The first-order valence-corrected chi connectivity index (χ1v) is 5.35. The molecule has 16 heavy (non-hydrogen) atoms. The molecular weight excluding hydrogens is 206 g/mol. The average Bonchev–Trinajstić information content (AvgIpc) is 2.30. The number of benzene rings is 1. The van der Waals surface area contributed by atoms with Gasteiger partial charge in [-0.3, -0.25) is 0 Å². The second kappa shape index (κ2) is 7.70. The van der Waals surface area contributed by atoms with Crippen LogP contribution in [0.2, 0.25) is 0 Å². The van der Waals surface area contributed by atoms with Crippen molar-refractivity contribution in [2.75, 3.05) is 19.8 Å². The van der Waals surface area contributed by atoms with Crippen molar-refractivity contribution in [1.29, 1.82) is 0 Å². The summed E-state index contributed by atoms with van der Waals surface area (Å²) in [6.45, 7) is 3.66. The molecule has 0 bridgehead atoms. The lowest BCUT2D eigenvalue weighted by Gasteiger charge is -2.06. The van der Waals surface area contributed by atoms with E-state index in [-0.39, 0.29) is 0 Å². The van der Waals surface area contributed by atoms with Crippen LogP contribution >= 0.6 is 0 Å². The Morgan fingerprint density at radius 1 is 1.31 bits per heavy atom. The molecule has 0 fully saturated rings. The van der Waals surface area contributed by atoms with Crippen molar-refractivity contribution < 1.29 is 14.3 Å². The zero-order chi connectivity index (χ0) is 11.6. The topological polar surface area (TPSA) is 47.6 Å². The normalized spacial score (nSPS) is 9.81. The van der Waals surface area contributed by atoms with Crippen LogP contribution in [0.3, 0.4) is 0 Å². The van der Waals surface area contributed by atoms with E-state index in [1.807, 2.05) is 30.3 Å². The van der Waals surface area contributed by atoms with Gasteiger partial charge in [0.15, 0.2) is 0 Å². The van der Waals surface area contributed by atoms with E-state index in [1.165, 1.54) is 0 Å². The van der Waals surface area contributed by atoms with Crippen LogP contribution in [-0.4, -0.2) is 25.9 Å². The predicted octanol–water partition coefficient (Wildman–Crippen LogP) is 1.95. The number of carbonyl (C=O) groups excluding carboxylic acids is 1. The Balaban J connectivity index is 2.02. The largest absolute Gasteiger partial charge is 0.450 e. The Bertz CT molecular complexity index is 300. The molecule has 0 saturated carbocycles. The van der Waals surface area contributed by atoms with Crippen molar-refractivity contribution in [3.8, 4) is 0 Å². The summed E-state index contributed by atoms with van der Waals surface area (Å²) in [5.41, 5.74) is 1.12. The summed E-state index contributed by atoms with van der Waals surface area (Å²) in [6, 6.07) is 9.90. The predicted molar refractivity (Wildman–Crippen MR) is 61.1 cm³/mol. The Kier molecular flexibility index (Phi) is 6.03. The second-order valence-electron chi connectivity index (χ2n) is 3.19. The van der Waals surface area contributed by atoms with E-state index in [4.69, 9.17) is 9.47 Å². The van der Waals surface area contributed by atoms with E-state index in [0.29, 0.717) is 26.4 Å². The van der Waals surface area contributed by atoms with E-state index in [2.05, 4.69) is 5.32 Å². The van der Waals surface area contributed by atoms with Crippen LogP contribution < -0.4 is 5.32 Å². The molecule has 0 aromatic heterocycles. The van der Waals surface area contributed by atoms with Crippen molar-refractivity contribution in [3.05, 3.63) is 35.9 Å². The van der Waals surface area contributed by atoms with Crippen LogP contribution in [-0.2, 0) is 16.1 Å². The maximum Gasteiger partial charge on any atom is 0.407 e. The van der Waals surface area contributed by atoms with Gasteiger partial charge >= 0.3 is 6.09 Å². The van der Waals surface area contributed by atoms with E-state index in [0.717, 1.165) is 5.56 Å². The molecule has 1 amide bonds. The monoisotopic (exact) mass is 223 g/mol. The molecule has 0 aliphatic carbocycles. The minimum absolute atomic E-state index is 0.386. The highest BCUT2D eigenvalue weighted by molar-refractivity contribution is 5.66. The molecule has 0 radical (unpaired) electrons. The maximum atomic E-state index is 10.9. The molecule has 1 aromatic carbocycles. The fourth-order valence-electron chi connectivity index (χ4n) is 1.17. The van der Waals surface area contributed by atoms with Gasteiger partial charge < -0.3 is 14.8 Å². The quantitative estimate of drug-likeness (QED) is 0.750. The first kappa shape index (κ1) is 12.5. The van der Waals surface area contributed by atoms with Gasteiger partial charge in [-0.15, -0.1) is 0 Å². The molecule has 0 heterocycles. The summed E-state index contributed by atoms with van der Waals surface area (Å²) in [5, 5.41) is 2.58. The highest BCUT2D eigenvalue weighted by Crippen LogP contribution is 1.99. The highest BCUT2D eigenvalue weighted by atomic mass is 16.5. The van der Waals surface area contributed by atoms with Gasteiger partial charge in [-0.2, -0.15) is 0 Å². The van der Waals surface area contributed by atoms with Gasteiger partial charge in [-0.25, -0.2) is 4.79 Å². The van der Waals surface area contributed by atoms with E-state index < -0.39 is 6.09 Å². The molecule has 0 aliphatic heterocycles. The lowest BCUT2D eigenvalue weighted by Crippen LogP contribution is -2.27. The Labute approximate surface area is 95.6 Å². The molecule has 1 rings (SSSR count). The van der Waals surface area contributed by atoms with Crippen LogP contribution in [0.4, 0.5) is 4.79 Å². The number of nitrogens with one attached hydrogen (secondary N) is 1. The van der Waals surface area contributed by atoms with Crippen LogP contribution in [0.25, 0.3) is 0 Å². The van der Waals surface area contributed by atoms with Gasteiger partial charge in [-0.05, 0) is 12.5 Å². The third-order valence-corrected chi connectivity index (χ3v) is 1.90. The number of alkyl carbamates (subject to hydrolysis) is 1. The molecule has 88 valence electrons. The SMILES string of the molecule is CCOC(=O)NCCOCc1ccccc1. The molecule has 0 spiro atoms. The summed E-state index contributed by atoms with van der Waals surface area (Å²) in [6.07, 6.45) is -0.397. The molecule has 1 N–H and O–H groups in total. The van der Waals surface area contributed by atoms with Crippen LogP contribution in [0, 0.1) is 0 Å². The summed E-state index contributed by atoms with van der Waals surface area (Å²) >= 11 is 0. The molecular formula is C12H17NO3. The summed E-state index contributed by atoms with van der Waals surface area (Å²) in [5.74, 6) is 0. The molecule has 0 unspecified atom stereocenters. The van der Waals surface area contributed by atoms with Gasteiger partial charge in [0.2, 0.25) is 0 Å². The summed E-state index contributed by atoms with van der Waals surface area (Å²) in [7, 11) is 0. The van der Waals surface area contributed by atoms with E-state index >= 15 is 0 Å². The average molecular weight is 223 g/mol. The van der Waals surface area contributed by atoms with Crippen molar-refractivity contribution in [1.82, 2.24) is 5.32 Å². The number of amides is 1. The molecule has 4 nitrogen and oxygen atoms in total. The first-order valence-electron chi connectivity index (χ1n) is 5.35. The van der Waals surface area contributed by atoms with Gasteiger partial charge in [0.05, 0.1) is 19.8 Å². The number of carbonyl (C=O) groups is 1. The third kappa shape index (κ3) is 5.36. The number of ether oxygens (including phenoxy) is 2. The summed E-state index contributed by atoms with van der Waals surface area (Å²) < 4.78 is 10.1. The molecule has 0 saturated heterocycles. The molecule has 0 aliphatic rings. The number of rotatable bonds is 6. The van der Waals surface area contributed by atoms with Crippen LogP contribution in [0.1, 0.15) is 12.5 Å². The zero-order valence-electron chi connectivity index (χ0n) is 9.44. The zero-order valence-corrected chi connectivity index (χ0v) is 9.44. The second-order valence-corrected chi connectivity index (χ2v) is 3.19. The highest BCUT2D eigenvalue weighted by Gasteiger charge is 1.98. The van der Waals surface area contributed by atoms with Gasteiger partial charge in [0.25, 0.3) is 0 Å². The fourth-order valence-corrected chi connectivity index (χ4v) is 1.17. The lowest BCUT2D eigenvalue weighted by atomic mass is 10.2. The Morgan fingerprint density at radius 3 is 2.75 bits per heavy atom. The van der Waals surface area contributed by atoms with Crippen molar-refractivity contribution in [2.45, 2.75) is 13.5 Å².